The Morgan fingerprint density at radius 1 is 0.795 bits per heavy atom. The number of benzene rings is 4. The van der Waals surface area contributed by atoms with Crippen molar-refractivity contribution in [3.05, 3.63) is 137 Å². The Kier molecular flexibility index (Phi) is 6.92. The van der Waals surface area contributed by atoms with E-state index in [0.29, 0.717) is 15.9 Å². The molecule has 0 saturated heterocycles. The van der Waals surface area contributed by atoms with E-state index in [-0.39, 0.29) is 17.2 Å². The molecule has 0 bridgehead atoms. The van der Waals surface area contributed by atoms with Crippen LogP contribution in [0.2, 0.25) is 5.02 Å². The van der Waals surface area contributed by atoms with Gasteiger partial charge in [-0.2, -0.15) is 0 Å². The molecule has 0 aliphatic carbocycles. The fourth-order valence-corrected chi connectivity index (χ4v) is 11.1. The van der Waals surface area contributed by atoms with Crippen LogP contribution in [-0.4, -0.2) is 18.8 Å². The summed E-state index contributed by atoms with van der Waals surface area (Å²) >= 11 is 6.08. The summed E-state index contributed by atoms with van der Waals surface area (Å²) in [6.45, 7) is -3.21. The summed E-state index contributed by atoms with van der Waals surface area (Å²) in [5.41, 5.74) is -4.04. The van der Waals surface area contributed by atoms with Crippen molar-refractivity contribution in [2.75, 3.05) is 6.61 Å². The van der Waals surface area contributed by atoms with Crippen molar-refractivity contribution in [2.45, 2.75) is 18.7 Å². The van der Waals surface area contributed by atoms with Gasteiger partial charge >= 0.3 is 230 Å². The average Bonchev–Trinajstić information content (AvgIpc) is 3.32. The Labute approximate surface area is 229 Å². The first-order valence-corrected chi connectivity index (χ1v) is 14.9. The molecule has 0 radical (unpaired) electrons. The van der Waals surface area contributed by atoms with Crippen LogP contribution in [0.1, 0.15) is 12.5 Å². The molecule has 4 aromatic rings. The molecule has 0 N–H and O–H groups in total. The van der Waals surface area contributed by atoms with Gasteiger partial charge in [0.05, 0.1) is 0 Å². The Morgan fingerprint density at radius 3 is 1.62 bits per heavy atom. The second-order valence-electron chi connectivity index (χ2n) is 9.15. The van der Waals surface area contributed by atoms with Crippen molar-refractivity contribution in [2.24, 2.45) is 0 Å². The molecule has 3 nitrogen and oxygen atoms in total. The third-order valence-electron chi connectivity index (χ3n) is 7.03. The first kappa shape index (κ1) is 27.1. The zero-order valence-electron chi connectivity index (χ0n) is 20.9. The summed E-state index contributed by atoms with van der Waals surface area (Å²) in [7, 11) is 0. The SMILES string of the molecule is CCOC(=O)C1=CP(c2ccccc2)(c2ccccc2)(c2ccccc2)OC1(c1ccc(Cl)cc1)C(F)(F)F. The Bertz CT molecular complexity index is 1410. The molecule has 1 unspecified atom stereocenters. The van der Waals surface area contributed by atoms with Crippen LogP contribution in [0.4, 0.5) is 13.2 Å². The van der Waals surface area contributed by atoms with Crippen LogP contribution in [0.3, 0.4) is 0 Å². The van der Waals surface area contributed by atoms with Gasteiger partial charge in [0.2, 0.25) is 0 Å². The van der Waals surface area contributed by atoms with Gasteiger partial charge in [-0.1, -0.05) is 0 Å². The van der Waals surface area contributed by atoms with Crippen LogP contribution < -0.4 is 15.9 Å². The van der Waals surface area contributed by atoms with E-state index in [9.17, 15) is 4.79 Å². The number of alkyl halides is 3. The molecule has 0 fully saturated rings. The van der Waals surface area contributed by atoms with Crippen LogP contribution in [0, 0.1) is 0 Å². The molecule has 8 heteroatoms. The van der Waals surface area contributed by atoms with E-state index in [1.807, 2.05) is 0 Å². The van der Waals surface area contributed by atoms with E-state index in [2.05, 4.69) is 0 Å². The van der Waals surface area contributed by atoms with E-state index in [1.165, 1.54) is 30.1 Å². The van der Waals surface area contributed by atoms with Crippen LogP contribution in [0.5, 0.6) is 0 Å². The number of halogens is 4. The van der Waals surface area contributed by atoms with Crippen molar-refractivity contribution in [1.82, 2.24) is 0 Å². The van der Waals surface area contributed by atoms with E-state index >= 15 is 13.2 Å². The number of carbonyl (C=O) groups is 1. The minimum absolute atomic E-state index is 0.108. The summed E-state index contributed by atoms with van der Waals surface area (Å²) in [5.74, 6) is 0.324. The van der Waals surface area contributed by atoms with Crippen molar-refractivity contribution >= 4 is 40.3 Å². The molecule has 0 spiro atoms. The number of hydrogen-bond donors (Lipinski definition) is 0. The Balaban J connectivity index is 2.03. The standard InChI is InChI=1S/C31H25ClF3O3P/c1-2-37-29(36)28-22-39(25-12-6-3-7-13-25,26-14-8-4-9-15-26,27-16-10-5-11-17-27)38-30(28,31(33,34)35)23-18-20-24(32)21-19-23/h3-22H,2H2,1H3. The second kappa shape index (κ2) is 9.95. The zero-order chi connectivity index (χ0) is 27.8. The number of hydrogen-bond acceptors (Lipinski definition) is 3. The van der Waals surface area contributed by atoms with Gasteiger partial charge in [0.15, 0.2) is 0 Å². The average molecular weight is 569 g/mol. The van der Waals surface area contributed by atoms with Crippen LogP contribution >= 0.6 is 18.4 Å². The maximum atomic E-state index is 15.7. The number of rotatable bonds is 6. The van der Waals surface area contributed by atoms with E-state index in [4.69, 9.17) is 20.9 Å². The minimum atomic E-state index is -5.06. The van der Waals surface area contributed by atoms with Crippen LogP contribution in [0.25, 0.3) is 0 Å². The molecule has 1 heterocycles. The molecule has 1 aliphatic rings. The van der Waals surface area contributed by atoms with Crippen LogP contribution in [0.15, 0.2) is 127 Å². The van der Waals surface area contributed by atoms with Gasteiger partial charge in [-0.25, -0.2) is 0 Å². The fourth-order valence-electron chi connectivity index (χ4n) is 5.36. The first-order valence-electron chi connectivity index (χ1n) is 12.3. The van der Waals surface area contributed by atoms with Crippen molar-refractivity contribution < 1.29 is 27.2 Å². The van der Waals surface area contributed by atoms with Gasteiger partial charge in [-0.3, -0.25) is 0 Å². The summed E-state index contributed by atoms with van der Waals surface area (Å²) in [4.78, 5) is 13.6. The van der Waals surface area contributed by atoms with Gasteiger partial charge < -0.3 is 0 Å². The van der Waals surface area contributed by atoms with Crippen molar-refractivity contribution in [3.8, 4) is 0 Å². The van der Waals surface area contributed by atoms with Crippen molar-refractivity contribution in [3.63, 3.8) is 0 Å². The molecule has 200 valence electrons. The van der Waals surface area contributed by atoms with Gasteiger partial charge in [0.25, 0.3) is 0 Å². The molecule has 0 saturated carbocycles. The normalized spacial score (nSPS) is 20.8. The molecular weight excluding hydrogens is 544 g/mol. The third-order valence-corrected chi connectivity index (χ3v) is 12.7. The topological polar surface area (TPSA) is 35.5 Å². The van der Waals surface area contributed by atoms with Gasteiger partial charge in [-0.15, -0.1) is 0 Å². The third kappa shape index (κ3) is 4.01. The molecule has 0 amide bonds. The zero-order valence-corrected chi connectivity index (χ0v) is 22.6. The summed E-state index contributed by atoms with van der Waals surface area (Å²) in [5, 5.41) is 1.80. The number of ether oxygens (including phenoxy) is 1. The van der Waals surface area contributed by atoms with Gasteiger partial charge in [0.1, 0.15) is 0 Å². The van der Waals surface area contributed by atoms with E-state index in [1.54, 1.807) is 97.9 Å². The molecule has 0 aromatic heterocycles. The maximum absolute atomic E-state index is 15.7. The predicted molar refractivity (Wildman–Crippen MR) is 150 cm³/mol. The Morgan fingerprint density at radius 2 is 1.23 bits per heavy atom. The predicted octanol–water partition coefficient (Wildman–Crippen LogP) is 7.02. The molecule has 5 rings (SSSR count). The van der Waals surface area contributed by atoms with Gasteiger partial charge in [0, 0.05) is 0 Å². The molecule has 1 aliphatic heterocycles. The van der Waals surface area contributed by atoms with Crippen molar-refractivity contribution in [1.29, 1.82) is 0 Å². The quantitative estimate of drug-likeness (QED) is 0.185. The second-order valence-corrected chi connectivity index (χ2v) is 13.8. The monoisotopic (exact) mass is 568 g/mol. The summed E-state index contributed by atoms with van der Waals surface area (Å²) in [6, 6.07) is 31.7. The Hall–Kier alpha value is -3.44. The first-order chi connectivity index (χ1) is 18.7. The molecule has 1 atom stereocenters. The van der Waals surface area contributed by atoms with E-state index in [0.717, 1.165) is 0 Å². The summed E-state index contributed by atoms with van der Waals surface area (Å²) in [6.07, 6.45) is -5.06. The van der Waals surface area contributed by atoms with Gasteiger partial charge in [-0.05, 0) is 0 Å². The van der Waals surface area contributed by atoms with Crippen LogP contribution in [-0.2, 0) is 19.7 Å². The molecule has 4 aromatic carbocycles. The molecule has 39 heavy (non-hydrogen) atoms. The van der Waals surface area contributed by atoms with E-state index < -0.39 is 30.2 Å². The fraction of sp³-hybridized carbons (Fsp3) is 0.129. The number of carbonyl (C=O) groups excluding carboxylic acids is 1. The summed E-state index contributed by atoms with van der Waals surface area (Å²) < 4.78 is 59.3. The number of esters is 1. The molecular formula is C31H25ClF3O3P.